The highest BCUT2D eigenvalue weighted by atomic mass is 19.4. The van der Waals surface area contributed by atoms with Gasteiger partial charge in [0.2, 0.25) is 0 Å². The van der Waals surface area contributed by atoms with Crippen LogP contribution in [0.1, 0.15) is 21.5 Å². The molecule has 3 rings (SSSR count). The summed E-state index contributed by atoms with van der Waals surface area (Å²) in [6.45, 7) is 1.88. The van der Waals surface area contributed by atoms with Gasteiger partial charge in [0, 0.05) is 30.0 Å². The molecule has 0 saturated carbocycles. The van der Waals surface area contributed by atoms with Crippen LogP contribution in [0, 0.1) is 6.92 Å². The maximum atomic E-state index is 13.2. The van der Waals surface area contributed by atoms with Crippen molar-refractivity contribution in [2.24, 2.45) is 0 Å². The second kappa shape index (κ2) is 10.00. The van der Waals surface area contributed by atoms with Crippen LogP contribution in [0.4, 0.5) is 29.3 Å². The molecular formula is C24H22F3N3O2. The first kappa shape index (κ1) is 22.9. The molecule has 0 saturated heterocycles. The molecule has 0 atom stereocenters. The van der Waals surface area contributed by atoms with Crippen LogP contribution in [0.3, 0.4) is 0 Å². The minimum Gasteiger partial charge on any atom is -0.350 e. The quantitative estimate of drug-likeness (QED) is 0.532. The zero-order valence-electron chi connectivity index (χ0n) is 17.3. The minimum absolute atomic E-state index is 0.0302. The summed E-state index contributed by atoms with van der Waals surface area (Å²) in [7, 11) is 0. The highest BCUT2D eigenvalue weighted by Gasteiger charge is 2.31. The van der Waals surface area contributed by atoms with E-state index in [9.17, 15) is 22.8 Å². The van der Waals surface area contributed by atoms with E-state index < -0.39 is 17.8 Å². The van der Waals surface area contributed by atoms with Gasteiger partial charge in [-0.3, -0.25) is 9.69 Å². The molecule has 0 spiro atoms. The van der Waals surface area contributed by atoms with Gasteiger partial charge in [-0.15, -0.1) is 0 Å². The molecule has 3 amide bonds. The van der Waals surface area contributed by atoms with Crippen LogP contribution in [0.25, 0.3) is 0 Å². The average Bonchev–Trinajstić information content (AvgIpc) is 2.76. The number of carbonyl (C=O) groups excluding carboxylic acids is 2. The Hall–Kier alpha value is -3.81. The third kappa shape index (κ3) is 6.10. The van der Waals surface area contributed by atoms with Gasteiger partial charge in [-0.1, -0.05) is 36.4 Å². The molecule has 32 heavy (non-hydrogen) atoms. The highest BCUT2D eigenvalue weighted by Crippen LogP contribution is 2.31. The van der Waals surface area contributed by atoms with E-state index in [0.29, 0.717) is 11.3 Å². The Labute approximate surface area is 183 Å². The SMILES string of the molecule is Cc1cccc(NC(=O)N(CCNC(=O)c2ccccc2)c2cccc(C(F)(F)F)c2)c1. The minimum atomic E-state index is -4.55. The number of amides is 3. The second-order valence-corrected chi connectivity index (χ2v) is 7.12. The number of carbonyl (C=O) groups is 2. The lowest BCUT2D eigenvalue weighted by Crippen LogP contribution is -2.41. The van der Waals surface area contributed by atoms with Crippen LogP contribution in [-0.4, -0.2) is 25.0 Å². The molecular weight excluding hydrogens is 419 g/mol. The van der Waals surface area contributed by atoms with Crippen LogP contribution in [0.15, 0.2) is 78.9 Å². The van der Waals surface area contributed by atoms with Crippen LogP contribution in [-0.2, 0) is 6.18 Å². The molecule has 0 radical (unpaired) electrons. The lowest BCUT2D eigenvalue weighted by atomic mass is 10.1. The van der Waals surface area contributed by atoms with E-state index in [2.05, 4.69) is 10.6 Å². The monoisotopic (exact) mass is 441 g/mol. The Balaban J connectivity index is 1.79. The number of anilines is 2. The van der Waals surface area contributed by atoms with Gasteiger partial charge in [-0.2, -0.15) is 13.2 Å². The van der Waals surface area contributed by atoms with Crippen molar-refractivity contribution in [3.8, 4) is 0 Å². The van der Waals surface area contributed by atoms with Gasteiger partial charge in [-0.25, -0.2) is 4.79 Å². The van der Waals surface area contributed by atoms with Gasteiger partial charge >= 0.3 is 12.2 Å². The summed E-state index contributed by atoms with van der Waals surface area (Å²) >= 11 is 0. The topological polar surface area (TPSA) is 61.4 Å². The van der Waals surface area contributed by atoms with Crippen LogP contribution in [0.5, 0.6) is 0 Å². The Bertz CT molecular complexity index is 1090. The van der Waals surface area contributed by atoms with E-state index in [0.717, 1.165) is 17.7 Å². The number of nitrogens with zero attached hydrogens (tertiary/aromatic N) is 1. The van der Waals surface area contributed by atoms with Crippen molar-refractivity contribution in [2.75, 3.05) is 23.3 Å². The van der Waals surface area contributed by atoms with Gasteiger partial charge in [0.15, 0.2) is 0 Å². The van der Waals surface area contributed by atoms with Crippen molar-refractivity contribution >= 4 is 23.3 Å². The molecule has 8 heteroatoms. The van der Waals surface area contributed by atoms with Crippen LogP contribution >= 0.6 is 0 Å². The number of benzene rings is 3. The fourth-order valence-electron chi connectivity index (χ4n) is 3.08. The van der Waals surface area contributed by atoms with Crippen LogP contribution < -0.4 is 15.5 Å². The van der Waals surface area contributed by atoms with E-state index in [4.69, 9.17) is 0 Å². The predicted molar refractivity (Wildman–Crippen MR) is 118 cm³/mol. The summed E-state index contributed by atoms with van der Waals surface area (Å²) in [5.41, 5.74) is 1.08. The maximum absolute atomic E-state index is 13.2. The van der Waals surface area contributed by atoms with Gasteiger partial charge in [-0.05, 0) is 55.0 Å². The Morgan fingerprint density at radius 1 is 0.906 bits per heavy atom. The van der Waals surface area contributed by atoms with Crippen molar-refractivity contribution < 1.29 is 22.8 Å². The first-order valence-corrected chi connectivity index (χ1v) is 9.90. The highest BCUT2D eigenvalue weighted by molar-refractivity contribution is 6.02. The summed E-state index contributed by atoms with van der Waals surface area (Å²) in [4.78, 5) is 26.4. The number of halogens is 3. The molecule has 0 aliphatic rings. The fourth-order valence-corrected chi connectivity index (χ4v) is 3.08. The molecule has 0 fully saturated rings. The Morgan fingerprint density at radius 2 is 1.62 bits per heavy atom. The summed E-state index contributed by atoms with van der Waals surface area (Å²) < 4.78 is 39.6. The number of hydrogen-bond donors (Lipinski definition) is 2. The van der Waals surface area contributed by atoms with Gasteiger partial charge in [0.25, 0.3) is 5.91 Å². The normalized spacial score (nSPS) is 11.0. The number of alkyl halides is 3. The molecule has 0 unspecified atom stereocenters. The summed E-state index contributed by atoms with van der Waals surface area (Å²) in [5.74, 6) is -0.339. The third-order valence-corrected chi connectivity index (χ3v) is 4.66. The Kier molecular flexibility index (Phi) is 7.14. The molecule has 3 aromatic carbocycles. The Morgan fingerprint density at radius 3 is 2.31 bits per heavy atom. The van der Waals surface area contributed by atoms with E-state index in [1.807, 2.05) is 13.0 Å². The van der Waals surface area contributed by atoms with Crippen molar-refractivity contribution in [1.82, 2.24) is 5.32 Å². The predicted octanol–water partition coefficient (Wildman–Crippen LogP) is 5.48. The summed E-state index contributed by atoms with van der Waals surface area (Å²) in [6, 6.07) is 19.5. The molecule has 3 aromatic rings. The zero-order valence-corrected chi connectivity index (χ0v) is 17.3. The molecule has 0 aromatic heterocycles. The van der Waals surface area contributed by atoms with Crippen molar-refractivity contribution in [3.05, 3.63) is 95.6 Å². The van der Waals surface area contributed by atoms with Gasteiger partial charge in [0.05, 0.1) is 5.56 Å². The third-order valence-electron chi connectivity index (χ3n) is 4.66. The first-order chi connectivity index (χ1) is 15.2. The zero-order chi connectivity index (χ0) is 23.1. The van der Waals surface area contributed by atoms with Gasteiger partial charge < -0.3 is 10.6 Å². The molecule has 0 aliphatic heterocycles. The molecule has 0 heterocycles. The standard InChI is InChI=1S/C24H22F3N3O2/c1-17-7-5-11-20(15-17)29-23(32)30(21-12-6-10-19(16-21)24(25,26)27)14-13-28-22(31)18-8-3-2-4-9-18/h2-12,15-16H,13-14H2,1H3,(H,28,31)(H,29,32). The van der Waals surface area contributed by atoms with E-state index >= 15 is 0 Å². The summed E-state index contributed by atoms with van der Waals surface area (Å²) in [5, 5.41) is 5.39. The second-order valence-electron chi connectivity index (χ2n) is 7.12. The maximum Gasteiger partial charge on any atom is 0.416 e. The average molecular weight is 441 g/mol. The lowest BCUT2D eigenvalue weighted by molar-refractivity contribution is -0.137. The van der Waals surface area contributed by atoms with E-state index in [-0.39, 0.29) is 24.7 Å². The number of nitrogens with one attached hydrogen (secondary N) is 2. The van der Waals surface area contributed by atoms with Crippen molar-refractivity contribution in [2.45, 2.75) is 13.1 Å². The van der Waals surface area contributed by atoms with Crippen molar-refractivity contribution in [1.29, 1.82) is 0 Å². The molecule has 0 bridgehead atoms. The summed E-state index contributed by atoms with van der Waals surface area (Å²) in [6.07, 6.45) is -4.55. The smallest absolute Gasteiger partial charge is 0.350 e. The largest absolute Gasteiger partial charge is 0.416 e. The molecule has 2 N–H and O–H groups in total. The van der Waals surface area contributed by atoms with E-state index in [1.165, 1.54) is 17.0 Å². The number of hydrogen-bond acceptors (Lipinski definition) is 2. The van der Waals surface area contributed by atoms with Gasteiger partial charge in [0.1, 0.15) is 0 Å². The molecule has 166 valence electrons. The molecule has 5 nitrogen and oxygen atoms in total. The number of rotatable bonds is 6. The fraction of sp³-hybridized carbons (Fsp3) is 0.167. The lowest BCUT2D eigenvalue weighted by Gasteiger charge is -2.24. The van der Waals surface area contributed by atoms with Crippen molar-refractivity contribution in [3.63, 3.8) is 0 Å². The van der Waals surface area contributed by atoms with E-state index in [1.54, 1.807) is 48.5 Å². The number of urea groups is 1. The molecule has 0 aliphatic carbocycles. The van der Waals surface area contributed by atoms with Crippen LogP contribution in [0.2, 0.25) is 0 Å². The first-order valence-electron chi connectivity index (χ1n) is 9.90. The number of aryl methyl sites for hydroxylation is 1.